The maximum absolute atomic E-state index is 13.6. The van der Waals surface area contributed by atoms with Crippen molar-refractivity contribution in [2.24, 2.45) is 0 Å². The van der Waals surface area contributed by atoms with Gasteiger partial charge in [0.2, 0.25) is 0 Å². The molecule has 0 aliphatic carbocycles. The normalized spacial score (nSPS) is 12.0. The van der Waals surface area contributed by atoms with Gasteiger partial charge in [0.25, 0.3) is 0 Å². The van der Waals surface area contributed by atoms with Crippen LogP contribution in [0.5, 0.6) is 11.5 Å². The Morgan fingerprint density at radius 2 is 1.80 bits per heavy atom. The molecule has 0 radical (unpaired) electrons. The largest absolute Gasteiger partial charge is 0.504 e. The van der Waals surface area contributed by atoms with Crippen LogP contribution in [0.25, 0.3) is 0 Å². The highest BCUT2D eigenvalue weighted by molar-refractivity contribution is 5.50. The van der Waals surface area contributed by atoms with Crippen LogP contribution in [0.4, 0.5) is 14.5 Å². The topological polar surface area (TPSA) is 41.5 Å². The van der Waals surface area contributed by atoms with Crippen molar-refractivity contribution in [3.63, 3.8) is 0 Å². The van der Waals surface area contributed by atoms with E-state index in [-0.39, 0.29) is 17.5 Å². The Labute approximate surface area is 115 Å². The summed E-state index contributed by atoms with van der Waals surface area (Å²) in [7, 11) is 1.44. The summed E-state index contributed by atoms with van der Waals surface area (Å²) in [5, 5.41) is 12.3. The van der Waals surface area contributed by atoms with E-state index in [0.29, 0.717) is 5.75 Å². The van der Waals surface area contributed by atoms with Gasteiger partial charge >= 0.3 is 0 Å². The van der Waals surface area contributed by atoms with Crippen molar-refractivity contribution < 1.29 is 18.6 Å². The Morgan fingerprint density at radius 1 is 1.15 bits per heavy atom. The third kappa shape index (κ3) is 2.82. The summed E-state index contributed by atoms with van der Waals surface area (Å²) in [6, 6.07) is 8.09. The second kappa shape index (κ2) is 5.77. The zero-order valence-electron chi connectivity index (χ0n) is 11.2. The molecule has 20 heavy (non-hydrogen) atoms. The van der Waals surface area contributed by atoms with Crippen molar-refractivity contribution in [1.82, 2.24) is 0 Å². The van der Waals surface area contributed by atoms with E-state index in [4.69, 9.17) is 4.74 Å². The summed E-state index contributed by atoms with van der Waals surface area (Å²) in [4.78, 5) is 0. The molecule has 2 aromatic rings. The van der Waals surface area contributed by atoms with E-state index in [2.05, 4.69) is 5.32 Å². The molecule has 0 fully saturated rings. The van der Waals surface area contributed by atoms with Crippen LogP contribution < -0.4 is 10.1 Å². The summed E-state index contributed by atoms with van der Waals surface area (Å²) in [6.07, 6.45) is 0. The molecule has 2 rings (SSSR count). The van der Waals surface area contributed by atoms with Crippen molar-refractivity contribution >= 4 is 5.69 Å². The molecule has 0 saturated heterocycles. The second-order valence-corrected chi connectivity index (χ2v) is 4.39. The lowest BCUT2D eigenvalue weighted by molar-refractivity contribution is 0.373. The summed E-state index contributed by atoms with van der Waals surface area (Å²) in [6.45, 7) is 1.76. The number of phenols is 1. The van der Waals surface area contributed by atoms with Gasteiger partial charge in [0.1, 0.15) is 17.3 Å². The summed E-state index contributed by atoms with van der Waals surface area (Å²) in [5.41, 5.74) is 0.564. The van der Waals surface area contributed by atoms with Crippen LogP contribution in [0.15, 0.2) is 36.4 Å². The molecule has 1 unspecified atom stereocenters. The van der Waals surface area contributed by atoms with E-state index in [1.54, 1.807) is 19.1 Å². The summed E-state index contributed by atoms with van der Waals surface area (Å²) < 4.78 is 32.1. The van der Waals surface area contributed by atoms with Crippen molar-refractivity contribution in [2.75, 3.05) is 12.4 Å². The Kier molecular flexibility index (Phi) is 4.08. The van der Waals surface area contributed by atoms with Gasteiger partial charge in [-0.25, -0.2) is 8.78 Å². The average molecular weight is 279 g/mol. The number of para-hydroxylation sites is 1. The molecule has 2 aromatic carbocycles. The van der Waals surface area contributed by atoms with E-state index in [1.807, 2.05) is 0 Å². The number of anilines is 1. The molecule has 0 spiro atoms. The zero-order valence-corrected chi connectivity index (χ0v) is 11.2. The van der Waals surface area contributed by atoms with E-state index >= 15 is 0 Å². The van der Waals surface area contributed by atoms with Crippen LogP contribution in [0.3, 0.4) is 0 Å². The predicted molar refractivity (Wildman–Crippen MR) is 73.1 cm³/mol. The molecule has 0 aromatic heterocycles. The van der Waals surface area contributed by atoms with Gasteiger partial charge in [0.05, 0.1) is 7.11 Å². The first-order valence-electron chi connectivity index (χ1n) is 6.10. The van der Waals surface area contributed by atoms with Gasteiger partial charge in [0.15, 0.2) is 11.5 Å². The second-order valence-electron chi connectivity index (χ2n) is 4.39. The zero-order chi connectivity index (χ0) is 14.7. The number of halogens is 2. The van der Waals surface area contributed by atoms with E-state index in [9.17, 15) is 13.9 Å². The Morgan fingerprint density at radius 3 is 2.40 bits per heavy atom. The first-order valence-corrected chi connectivity index (χ1v) is 6.10. The number of rotatable bonds is 4. The molecule has 0 bridgehead atoms. The minimum absolute atomic E-state index is 0.0144. The van der Waals surface area contributed by atoms with Crippen molar-refractivity contribution in [3.05, 3.63) is 53.6 Å². The smallest absolute Gasteiger partial charge is 0.160 e. The van der Waals surface area contributed by atoms with Crippen molar-refractivity contribution in [2.45, 2.75) is 13.0 Å². The fourth-order valence-electron chi connectivity index (χ4n) is 1.90. The van der Waals surface area contributed by atoms with Crippen molar-refractivity contribution in [1.29, 1.82) is 0 Å². The lowest BCUT2D eigenvalue weighted by atomic mass is 10.1. The first kappa shape index (κ1) is 14.1. The number of hydrogen-bond acceptors (Lipinski definition) is 3. The minimum atomic E-state index is -0.650. The third-order valence-electron chi connectivity index (χ3n) is 3.03. The number of phenolic OH excluding ortho intramolecular Hbond substituents is 1. The lowest BCUT2D eigenvalue weighted by Crippen LogP contribution is -2.09. The standard InChI is InChI=1S/C15H15F2NO2/c1-9(10-6-7-13(19)14(8-10)20-2)18-15-11(16)4-3-5-12(15)17/h3-9,18-19H,1-2H3. The van der Waals surface area contributed by atoms with Gasteiger partial charge < -0.3 is 15.2 Å². The molecular weight excluding hydrogens is 264 g/mol. The van der Waals surface area contributed by atoms with Crippen LogP contribution >= 0.6 is 0 Å². The number of ether oxygens (including phenoxy) is 1. The minimum Gasteiger partial charge on any atom is -0.504 e. The fraction of sp³-hybridized carbons (Fsp3) is 0.200. The highest BCUT2D eigenvalue weighted by Gasteiger charge is 2.14. The Balaban J connectivity index is 2.26. The number of nitrogens with one attached hydrogen (secondary N) is 1. The fourth-order valence-corrected chi connectivity index (χ4v) is 1.90. The molecule has 1 atom stereocenters. The molecule has 3 nitrogen and oxygen atoms in total. The highest BCUT2D eigenvalue weighted by Crippen LogP contribution is 2.31. The van der Waals surface area contributed by atoms with Gasteiger partial charge in [-0.05, 0) is 36.8 Å². The number of benzene rings is 2. The van der Waals surface area contributed by atoms with Gasteiger partial charge in [-0.15, -0.1) is 0 Å². The molecule has 0 amide bonds. The summed E-state index contributed by atoms with van der Waals surface area (Å²) in [5.74, 6) is -0.976. The number of hydrogen-bond donors (Lipinski definition) is 2. The Bertz CT molecular complexity index is 597. The number of aromatic hydroxyl groups is 1. The number of methoxy groups -OCH3 is 1. The van der Waals surface area contributed by atoms with Gasteiger partial charge in [-0.2, -0.15) is 0 Å². The maximum atomic E-state index is 13.6. The molecule has 2 N–H and O–H groups in total. The van der Waals surface area contributed by atoms with E-state index in [0.717, 1.165) is 5.56 Å². The van der Waals surface area contributed by atoms with Crippen LogP contribution in [0.2, 0.25) is 0 Å². The predicted octanol–water partition coefficient (Wildman–Crippen LogP) is 3.85. The monoisotopic (exact) mass is 279 g/mol. The molecule has 0 aliphatic rings. The molecule has 106 valence electrons. The maximum Gasteiger partial charge on any atom is 0.160 e. The van der Waals surface area contributed by atoms with Gasteiger partial charge in [0, 0.05) is 6.04 Å². The SMILES string of the molecule is COc1cc(C(C)Nc2c(F)cccc2F)ccc1O. The molecule has 0 saturated carbocycles. The molecule has 5 heteroatoms. The Hall–Kier alpha value is -2.30. The van der Waals surface area contributed by atoms with Gasteiger partial charge in [-0.3, -0.25) is 0 Å². The van der Waals surface area contributed by atoms with Crippen LogP contribution in [-0.4, -0.2) is 12.2 Å². The quantitative estimate of drug-likeness (QED) is 0.893. The van der Waals surface area contributed by atoms with Crippen LogP contribution in [-0.2, 0) is 0 Å². The van der Waals surface area contributed by atoms with Crippen molar-refractivity contribution in [3.8, 4) is 11.5 Å². The molecule has 0 heterocycles. The molecular formula is C15H15F2NO2. The highest BCUT2D eigenvalue weighted by atomic mass is 19.1. The van der Waals surface area contributed by atoms with E-state index < -0.39 is 11.6 Å². The molecule has 0 aliphatic heterocycles. The first-order chi connectivity index (χ1) is 9.52. The van der Waals surface area contributed by atoms with Gasteiger partial charge in [-0.1, -0.05) is 12.1 Å². The van der Waals surface area contributed by atoms with Crippen LogP contribution in [0, 0.1) is 11.6 Å². The lowest BCUT2D eigenvalue weighted by Gasteiger charge is -2.17. The van der Waals surface area contributed by atoms with Crippen LogP contribution in [0.1, 0.15) is 18.5 Å². The van der Waals surface area contributed by atoms with E-state index in [1.165, 1.54) is 31.4 Å². The summed E-state index contributed by atoms with van der Waals surface area (Å²) >= 11 is 0. The average Bonchev–Trinajstić information content (AvgIpc) is 2.43. The third-order valence-corrected chi connectivity index (χ3v) is 3.03.